The minimum absolute atomic E-state index is 0.626. The Morgan fingerprint density at radius 3 is 2.48 bits per heavy atom. The maximum atomic E-state index is 12.0. The zero-order valence-corrected chi connectivity index (χ0v) is 12.2. The fourth-order valence-electron chi connectivity index (χ4n) is 1.95. The molecule has 2 rings (SSSR count). The minimum atomic E-state index is -4.96. The Morgan fingerprint density at radius 2 is 1.96 bits per heavy atom. The SMILES string of the molecule is O=C(OP(=O)(O)C1O[C@H](CO)[C@@H](O)[C@H]1O)c1cc(=O)[nH]c(=O)[nH]1. The Bertz CT molecular complexity index is 728. The molecule has 1 fully saturated rings. The zero-order valence-electron chi connectivity index (χ0n) is 11.3. The van der Waals surface area contributed by atoms with Crippen molar-refractivity contribution in [1.29, 1.82) is 0 Å². The Hall–Kier alpha value is -1.82. The van der Waals surface area contributed by atoms with E-state index in [0.717, 1.165) is 0 Å². The molecule has 6 N–H and O–H groups in total. The molecule has 0 bridgehead atoms. The largest absolute Gasteiger partial charge is 0.410 e. The average Bonchev–Trinajstić information content (AvgIpc) is 2.74. The van der Waals surface area contributed by atoms with Gasteiger partial charge in [0.1, 0.15) is 24.0 Å². The van der Waals surface area contributed by atoms with Crippen LogP contribution in [-0.4, -0.2) is 66.9 Å². The summed E-state index contributed by atoms with van der Waals surface area (Å²) in [5.74, 6) is -3.51. The van der Waals surface area contributed by atoms with Crippen LogP contribution in [0.25, 0.3) is 0 Å². The van der Waals surface area contributed by atoms with Gasteiger partial charge in [0.05, 0.1) is 6.61 Å². The summed E-state index contributed by atoms with van der Waals surface area (Å²) < 4.78 is 21.1. The third-order valence-electron chi connectivity index (χ3n) is 3.03. The molecule has 1 aliphatic rings. The van der Waals surface area contributed by atoms with E-state index < -0.39 is 61.3 Å². The van der Waals surface area contributed by atoms with Crippen molar-refractivity contribution in [1.82, 2.24) is 9.97 Å². The van der Waals surface area contributed by atoms with Gasteiger partial charge in [-0.05, 0) is 0 Å². The molecule has 0 saturated carbocycles. The minimum Gasteiger partial charge on any atom is -0.394 e. The average molecular weight is 352 g/mol. The van der Waals surface area contributed by atoms with Crippen molar-refractivity contribution in [3.05, 3.63) is 32.6 Å². The van der Waals surface area contributed by atoms with Gasteiger partial charge in [0.2, 0.25) is 0 Å². The fraction of sp³-hybridized carbons (Fsp3) is 0.500. The van der Waals surface area contributed by atoms with Gasteiger partial charge in [-0.3, -0.25) is 9.78 Å². The lowest BCUT2D eigenvalue weighted by Gasteiger charge is -2.20. The topological polar surface area (TPSA) is 199 Å². The van der Waals surface area contributed by atoms with Crippen molar-refractivity contribution in [2.75, 3.05) is 6.61 Å². The molecule has 13 heteroatoms. The molecule has 1 aromatic rings. The van der Waals surface area contributed by atoms with E-state index in [1.54, 1.807) is 4.98 Å². The molecule has 1 aliphatic heterocycles. The number of carbonyl (C=O) groups excluding carboxylic acids is 1. The van der Waals surface area contributed by atoms with Crippen LogP contribution >= 0.6 is 7.60 Å². The van der Waals surface area contributed by atoms with Crippen LogP contribution in [0.2, 0.25) is 0 Å². The highest BCUT2D eigenvalue weighted by Crippen LogP contribution is 2.53. The number of ether oxygens (including phenoxy) is 1. The normalized spacial score (nSPS) is 29.9. The second-order valence-electron chi connectivity index (χ2n) is 4.67. The quantitative estimate of drug-likeness (QED) is 0.301. The second kappa shape index (κ2) is 6.35. The number of hydrogen-bond donors (Lipinski definition) is 6. The third kappa shape index (κ3) is 3.58. The van der Waals surface area contributed by atoms with Crippen LogP contribution in [-0.2, 0) is 13.8 Å². The molecule has 1 saturated heterocycles. The highest BCUT2D eigenvalue weighted by atomic mass is 31.2. The smallest absolute Gasteiger partial charge is 0.394 e. The van der Waals surface area contributed by atoms with Crippen LogP contribution in [0.1, 0.15) is 10.5 Å². The molecule has 2 heterocycles. The summed E-state index contributed by atoms with van der Waals surface area (Å²) in [7, 11) is -4.96. The summed E-state index contributed by atoms with van der Waals surface area (Å²) in [6, 6.07) is 0.626. The molecule has 2 unspecified atom stereocenters. The standard InChI is InChI=1S/C10H13N2O10P/c13-2-4-6(15)7(16)9(21-4)23(19,20)22-8(17)3-1-5(14)12-10(18)11-3/h1,4,6-7,9,13,15-16H,2H2,(H,19,20)(H2,11,12,14,18)/t4-,6-,7-,9?/m1/s1. The van der Waals surface area contributed by atoms with Crippen molar-refractivity contribution in [2.24, 2.45) is 0 Å². The maximum absolute atomic E-state index is 12.0. The van der Waals surface area contributed by atoms with E-state index in [2.05, 4.69) is 4.52 Å². The summed E-state index contributed by atoms with van der Waals surface area (Å²) in [6.07, 6.45) is -4.90. The van der Waals surface area contributed by atoms with E-state index >= 15 is 0 Å². The number of carbonyl (C=O) groups is 1. The van der Waals surface area contributed by atoms with Crippen LogP contribution in [0.15, 0.2) is 15.7 Å². The van der Waals surface area contributed by atoms with Crippen molar-refractivity contribution in [3.63, 3.8) is 0 Å². The van der Waals surface area contributed by atoms with Gasteiger partial charge in [-0.2, -0.15) is 0 Å². The van der Waals surface area contributed by atoms with E-state index in [1.165, 1.54) is 0 Å². The first-order valence-electron chi connectivity index (χ1n) is 6.18. The monoisotopic (exact) mass is 352 g/mol. The van der Waals surface area contributed by atoms with Gasteiger partial charge in [-0.25, -0.2) is 14.2 Å². The molecule has 0 amide bonds. The number of hydrogen-bond acceptors (Lipinski definition) is 9. The Kier molecular flexibility index (Phi) is 4.84. The van der Waals surface area contributed by atoms with Gasteiger partial charge >= 0.3 is 19.3 Å². The van der Waals surface area contributed by atoms with Gasteiger partial charge in [0.15, 0.2) is 5.85 Å². The first-order chi connectivity index (χ1) is 10.7. The molecule has 23 heavy (non-hydrogen) atoms. The van der Waals surface area contributed by atoms with Gasteiger partial charge in [0, 0.05) is 6.07 Å². The summed E-state index contributed by atoms with van der Waals surface area (Å²) in [5, 5.41) is 28.1. The Labute approximate surface area is 126 Å². The first kappa shape index (κ1) is 17.5. The summed E-state index contributed by atoms with van der Waals surface area (Å²) in [4.78, 5) is 47.3. The molecular formula is C10H13N2O10P. The maximum Gasteiger partial charge on any atom is 0.410 e. The van der Waals surface area contributed by atoms with Crippen LogP contribution in [0.4, 0.5) is 0 Å². The van der Waals surface area contributed by atoms with Crippen LogP contribution in [0.5, 0.6) is 0 Å². The van der Waals surface area contributed by atoms with E-state index in [0.29, 0.717) is 6.07 Å². The van der Waals surface area contributed by atoms with E-state index in [1.807, 2.05) is 4.98 Å². The highest BCUT2D eigenvalue weighted by molar-refractivity contribution is 7.54. The van der Waals surface area contributed by atoms with Gasteiger partial charge in [-0.1, -0.05) is 0 Å². The number of aromatic amines is 2. The molecule has 128 valence electrons. The lowest BCUT2D eigenvalue weighted by molar-refractivity contribution is -0.0115. The molecule has 1 aromatic heterocycles. The van der Waals surface area contributed by atoms with Gasteiger partial charge in [-0.15, -0.1) is 0 Å². The third-order valence-corrected chi connectivity index (χ3v) is 4.53. The highest BCUT2D eigenvalue weighted by Gasteiger charge is 2.53. The number of aromatic nitrogens is 2. The predicted octanol–water partition coefficient (Wildman–Crippen LogP) is -3.16. The molecule has 12 nitrogen and oxygen atoms in total. The lowest BCUT2D eigenvalue weighted by Crippen LogP contribution is -2.34. The van der Waals surface area contributed by atoms with E-state index in [4.69, 9.17) is 9.84 Å². The van der Waals surface area contributed by atoms with E-state index in [-0.39, 0.29) is 0 Å². The number of H-pyrrole nitrogens is 2. The number of nitrogens with one attached hydrogen (secondary N) is 2. The summed E-state index contributed by atoms with van der Waals surface area (Å²) in [5.41, 5.74) is -2.67. The van der Waals surface area contributed by atoms with Crippen molar-refractivity contribution >= 4 is 13.6 Å². The lowest BCUT2D eigenvalue weighted by atomic mass is 10.2. The Balaban J connectivity index is 2.21. The molecule has 5 atom stereocenters. The fourth-order valence-corrected chi connectivity index (χ4v) is 3.26. The van der Waals surface area contributed by atoms with Gasteiger partial charge < -0.3 is 34.5 Å². The Morgan fingerprint density at radius 1 is 1.30 bits per heavy atom. The zero-order chi connectivity index (χ0) is 17.4. The summed E-state index contributed by atoms with van der Waals surface area (Å²) >= 11 is 0. The number of aliphatic hydroxyl groups excluding tert-OH is 3. The molecule has 0 spiro atoms. The first-order valence-corrected chi connectivity index (χ1v) is 7.83. The second-order valence-corrected chi connectivity index (χ2v) is 6.49. The molecule has 0 aromatic carbocycles. The van der Waals surface area contributed by atoms with Crippen molar-refractivity contribution < 1.29 is 38.8 Å². The number of aliphatic hydroxyl groups is 3. The summed E-state index contributed by atoms with van der Waals surface area (Å²) in [6.45, 7) is -0.746. The molecule has 0 radical (unpaired) electrons. The molecule has 0 aliphatic carbocycles. The van der Waals surface area contributed by atoms with Crippen LogP contribution in [0.3, 0.4) is 0 Å². The molecular weight excluding hydrogens is 339 g/mol. The van der Waals surface area contributed by atoms with Crippen molar-refractivity contribution in [3.8, 4) is 0 Å². The van der Waals surface area contributed by atoms with Crippen molar-refractivity contribution in [2.45, 2.75) is 24.2 Å². The van der Waals surface area contributed by atoms with E-state index in [9.17, 15) is 34.1 Å². The number of rotatable bonds is 4. The van der Waals surface area contributed by atoms with Crippen LogP contribution < -0.4 is 11.2 Å². The van der Waals surface area contributed by atoms with Gasteiger partial charge in [0.25, 0.3) is 5.56 Å². The van der Waals surface area contributed by atoms with Crippen LogP contribution in [0, 0.1) is 0 Å². The predicted molar refractivity (Wildman–Crippen MR) is 70.7 cm³/mol.